The predicted octanol–water partition coefficient (Wildman–Crippen LogP) is 3.73. The summed E-state index contributed by atoms with van der Waals surface area (Å²) in [5.41, 5.74) is 5.06. The zero-order chi connectivity index (χ0) is 19.7. The molecule has 1 fully saturated rings. The Labute approximate surface area is 165 Å². The average Bonchev–Trinajstić information content (AvgIpc) is 3.05. The van der Waals surface area contributed by atoms with Gasteiger partial charge in [0.1, 0.15) is 5.58 Å². The number of furan rings is 1. The fourth-order valence-corrected chi connectivity index (χ4v) is 3.87. The lowest BCUT2D eigenvalue weighted by Gasteiger charge is -2.35. The van der Waals surface area contributed by atoms with E-state index in [1.807, 2.05) is 38.1 Å². The van der Waals surface area contributed by atoms with Crippen LogP contribution in [0.4, 0.5) is 5.69 Å². The molecule has 0 atom stereocenters. The van der Waals surface area contributed by atoms with E-state index in [1.54, 1.807) is 0 Å². The lowest BCUT2D eigenvalue weighted by Crippen LogP contribution is -2.45. The van der Waals surface area contributed by atoms with E-state index >= 15 is 0 Å². The smallest absolute Gasteiger partial charge is 0.287 e. The number of rotatable bonds is 4. The van der Waals surface area contributed by atoms with Gasteiger partial charge in [0.25, 0.3) is 5.91 Å². The summed E-state index contributed by atoms with van der Waals surface area (Å²) in [6, 6.07) is 14.3. The largest absolute Gasteiger partial charge is 0.450 e. The predicted molar refractivity (Wildman–Crippen MR) is 113 cm³/mol. The lowest BCUT2D eigenvalue weighted by atomic mass is 10.1. The third kappa shape index (κ3) is 3.50. The van der Waals surface area contributed by atoms with Crippen molar-refractivity contribution in [2.24, 2.45) is 0 Å². The van der Waals surface area contributed by atoms with Crippen molar-refractivity contribution in [3.63, 3.8) is 0 Å². The van der Waals surface area contributed by atoms with Gasteiger partial charge in [-0.15, -0.1) is 0 Å². The van der Waals surface area contributed by atoms with Crippen LogP contribution in [0.5, 0.6) is 0 Å². The molecular formula is C23H27N3O2. The van der Waals surface area contributed by atoms with Crippen molar-refractivity contribution in [1.29, 1.82) is 0 Å². The first-order valence-electron chi connectivity index (χ1n) is 9.83. The number of nitrogens with zero attached hydrogens (tertiary/aromatic N) is 2. The maximum Gasteiger partial charge on any atom is 0.287 e. The number of hydrogen-bond donors (Lipinski definition) is 1. The highest BCUT2D eigenvalue weighted by Crippen LogP contribution is 2.28. The Bertz CT molecular complexity index is 1000. The van der Waals surface area contributed by atoms with E-state index in [4.69, 9.17) is 4.42 Å². The van der Waals surface area contributed by atoms with E-state index < -0.39 is 0 Å². The molecule has 1 aliphatic rings. The zero-order valence-corrected chi connectivity index (χ0v) is 16.8. The van der Waals surface area contributed by atoms with Crippen molar-refractivity contribution in [1.82, 2.24) is 10.2 Å². The number of benzene rings is 2. The molecule has 28 heavy (non-hydrogen) atoms. The molecule has 1 amide bonds. The third-order valence-corrected chi connectivity index (χ3v) is 5.64. The van der Waals surface area contributed by atoms with Crippen LogP contribution in [0.15, 0.2) is 46.9 Å². The molecule has 1 aliphatic heterocycles. The fraction of sp³-hybridized carbons (Fsp3) is 0.348. The Morgan fingerprint density at radius 1 is 1.04 bits per heavy atom. The van der Waals surface area contributed by atoms with Crippen molar-refractivity contribution >= 4 is 22.6 Å². The van der Waals surface area contributed by atoms with Gasteiger partial charge in [0.2, 0.25) is 0 Å². The van der Waals surface area contributed by atoms with E-state index in [-0.39, 0.29) is 5.91 Å². The maximum atomic E-state index is 12.8. The number of anilines is 1. The molecule has 0 unspecified atom stereocenters. The fourth-order valence-electron chi connectivity index (χ4n) is 3.87. The van der Waals surface area contributed by atoms with Crippen molar-refractivity contribution < 1.29 is 9.21 Å². The summed E-state index contributed by atoms with van der Waals surface area (Å²) in [5, 5.41) is 4.06. The molecule has 3 aromatic rings. The molecule has 1 aromatic heterocycles. The lowest BCUT2D eigenvalue weighted by molar-refractivity contribution is 0.0924. The monoisotopic (exact) mass is 377 g/mol. The van der Waals surface area contributed by atoms with E-state index in [0.29, 0.717) is 12.3 Å². The first kappa shape index (κ1) is 18.6. The number of carbonyl (C=O) groups is 1. The van der Waals surface area contributed by atoms with E-state index in [1.165, 1.54) is 5.69 Å². The molecule has 5 nitrogen and oxygen atoms in total. The van der Waals surface area contributed by atoms with E-state index in [0.717, 1.165) is 53.8 Å². The molecule has 2 aromatic carbocycles. The Kier molecular flexibility index (Phi) is 5.09. The van der Waals surface area contributed by atoms with Gasteiger partial charge in [-0.1, -0.05) is 36.4 Å². The number of carbonyl (C=O) groups excluding carboxylic acids is 1. The minimum atomic E-state index is -0.165. The molecule has 146 valence electrons. The topological polar surface area (TPSA) is 48.7 Å². The highest BCUT2D eigenvalue weighted by molar-refractivity contribution is 5.99. The molecule has 0 spiro atoms. The van der Waals surface area contributed by atoms with Gasteiger partial charge >= 0.3 is 0 Å². The third-order valence-electron chi connectivity index (χ3n) is 5.64. The number of nitrogens with one attached hydrogen (secondary N) is 1. The molecule has 0 radical (unpaired) electrons. The Morgan fingerprint density at radius 3 is 2.54 bits per heavy atom. The van der Waals surface area contributed by atoms with Crippen molar-refractivity contribution in [3.05, 3.63) is 64.9 Å². The van der Waals surface area contributed by atoms with Gasteiger partial charge in [0.05, 0.1) is 0 Å². The first-order chi connectivity index (χ1) is 13.5. The summed E-state index contributed by atoms with van der Waals surface area (Å²) in [7, 11) is 2.15. The van der Waals surface area contributed by atoms with Crippen LogP contribution in [-0.4, -0.2) is 44.0 Å². The Balaban J connectivity index is 1.52. The molecule has 1 N–H and O–H groups in total. The summed E-state index contributed by atoms with van der Waals surface area (Å²) >= 11 is 0. The second kappa shape index (κ2) is 7.68. The normalized spacial score (nSPS) is 15.2. The van der Waals surface area contributed by atoms with Gasteiger partial charge in [-0.3, -0.25) is 4.79 Å². The van der Waals surface area contributed by atoms with Gasteiger partial charge in [-0.25, -0.2) is 0 Å². The molecule has 0 aliphatic carbocycles. The van der Waals surface area contributed by atoms with Crippen LogP contribution in [0.25, 0.3) is 11.0 Å². The number of piperazine rings is 1. The van der Waals surface area contributed by atoms with Crippen LogP contribution in [0.2, 0.25) is 0 Å². The van der Waals surface area contributed by atoms with Gasteiger partial charge in [-0.2, -0.15) is 0 Å². The van der Waals surface area contributed by atoms with Gasteiger partial charge < -0.3 is 19.5 Å². The molecule has 1 saturated heterocycles. The first-order valence-corrected chi connectivity index (χ1v) is 9.83. The van der Waals surface area contributed by atoms with Crippen LogP contribution in [-0.2, 0) is 6.54 Å². The number of fused-ring (bicyclic) bond motifs is 1. The van der Waals surface area contributed by atoms with Crippen molar-refractivity contribution in [2.45, 2.75) is 20.4 Å². The van der Waals surface area contributed by atoms with Gasteiger partial charge in [0, 0.05) is 49.4 Å². The van der Waals surface area contributed by atoms with Crippen molar-refractivity contribution in [2.75, 3.05) is 38.1 Å². The number of aryl methyl sites for hydroxylation is 2. The SMILES string of the molecule is Cc1c(C(=O)NCc2ccccc2N2CCN(C)CC2)oc2c(C)cccc12. The number of hydrogen-bond acceptors (Lipinski definition) is 4. The summed E-state index contributed by atoms with van der Waals surface area (Å²) < 4.78 is 5.91. The van der Waals surface area contributed by atoms with Crippen molar-refractivity contribution in [3.8, 4) is 0 Å². The Hall–Kier alpha value is -2.79. The number of amides is 1. The summed E-state index contributed by atoms with van der Waals surface area (Å²) in [6.07, 6.45) is 0. The Morgan fingerprint density at radius 2 is 1.79 bits per heavy atom. The number of para-hydroxylation sites is 2. The van der Waals surface area contributed by atoms with Crippen LogP contribution in [0.1, 0.15) is 27.2 Å². The second-order valence-corrected chi connectivity index (χ2v) is 7.61. The maximum absolute atomic E-state index is 12.8. The molecule has 0 bridgehead atoms. The molecule has 4 rings (SSSR count). The molecular weight excluding hydrogens is 350 g/mol. The molecule has 2 heterocycles. The standard InChI is InChI=1S/C23H27N3O2/c1-16-7-6-9-19-17(2)22(28-21(16)19)23(27)24-15-18-8-4-5-10-20(18)26-13-11-25(3)12-14-26/h4-10H,11-15H2,1-3H3,(H,24,27). The zero-order valence-electron chi connectivity index (χ0n) is 16.8. The van der Waals surface area contributed by atoms with Crippen LogP contribution >= 0.6 is 0 Å². The van der Waals surface area contributed by atoms with E-state index in [2.05, 4.69) is 40.4 Å². The second-order valence-electron chi connectivity index (χ2n) is 7.61. The highest BCUT2D eigenvalue weighted by Gasteiger charge is 2.20. The van der Waals surface area contributed by atoms with Gasteiger partial charge in [-0.05, 0) is 38.1 Å². The molecule has 0 saturated carbocycles. The average molecular weight is 377 g/mol. The summed E-state index contributed by atoms with van der Waals surface area (Å²) in [5.74, 6) is 0.239. The van der Waals surface area contributed by atoms with Crippen LogP contribution in [0.3, 0.4) is 0 Å². The minimum absolute atomic E-state index is 0.165. The summed E-state index contributed by atoms with van der Waals surface area (Å²) in [6.45, 7) is 8.54. The molecule has 5 heteroatoms. The number of likely N-dealkylation sites (N-methyl/N-ethyl adjacent to an activating group) is 1. The van der Waals surface area contributed by atoms with Crippen LogP contribution < -0.4 is 10.2 Å². The highest BCUT2D eigenvalue weighted by atomic mass is 16.3. The van der Waals surface area contributed by atoms with Crippen LogP contribution in [0, 0.1) is 13.8 Å². The quantitative estimate of drug-likeness (QED) is 0.753. The summed E-state index contributed by atoms with van der Waals surface area (Å²) in [4.78, 5) is 17.6. The minimum Gasteiger partial charge on any atom is -0.450 e. The van der Waals surface area contributed by atoms with E-state index in [9.17, 15) is 4.79 Å². The van der Waals surface area contributed by atoms with Gasteiger partial charge in [0.15, 0.2) is 5.76 Å².